The fraction of sp³-hybridized carbons (Fsp3) is 0.500. The maximum Gasteiger partial charge on any atom is 0.254 e. The summed E-state index contributed by atoms with van der Waals surface area (Å²) in [5, 5.41) is 9.93. The van der Waals surface area contributed by atoms with Gasteiger partial charge in [-0.1, -0.05) is 6.92 Å². The van der Waals surface area contributed by atoms with Gasteiger partial charge < -0.3 is 19.5 Å². The fourth-order valence-corrected chi connectivity index (χ4v) is 2.18. The molecule has 1 aromatic carbocycles. The Hall–Kier alpha value is -1.75. The Labute approximate surface area is 112 Å². The minimum Gasteiger partial charge on any atom is -0.493 e. The number of carbonyl (C=O) groups excluding carboxylic acids is 1. The van der Waals surface area contributed by atoms with Crippen molar-refractivity contribution in [3.8, 4) is 11.5 Å². The van der Waals surface area contributed by atoms with Crippen molar-refractivity contribution in [2.45, 2.75) is 18.9 Å². The quantitative estimate of drug-likeness (QED) is 0.891. The van der Waals surface area contributed by atoms with Crippen molar-refractivity contribution in [1.82, 2.24) is 4.90 Å². The van der Waals surface area contributed by atoms with Crippen LogP contribution in [0.25, 0.3) is 0 Å². The van der Waals surface area contributed by atoms with E-state index in [0.717, 1.165) is 0 Å². The van der Waals surface area contributed by atoms with Gasteiger partial charge in [-0.15, -0.1) is 0 Å². The molecule has 0 saturated carbocycles. The number of hydrogen-bond donors (Lipinski definition) is 1. The number of likely N-dealkylation sites (tertiary alicyclic amines) is 1. The van der Waals surface area contributed by atoms with Crippen molar-refractivity contribution in [3.63, 3.8) is 0 Å². The average Bonchev–Trinajstić information content (AvgIpc) is 2.42. The summed E-state index contributed by atoms with van der Waals surface area (Å²) in [7, 11) is 3.09. The molecule has 1 N–H and O–H groups in total. The number of ether oxygens (including phenoxy) is 2. The Bertz CT molecular complexity index is 480. The Morgan fingerprint density at radius 1 is 1.32 bits per heavy atom. The maximum absolute atomic E-state index is 12.2. The van der Waals surface area contributed by atoms with Crippen molar-refractivity contribution in [3.05, 3.63) is 23.8 Å². The molecule has 1 aliphatic rings. The summed E-state index contributed by atoms with van der Waals surface area (Å²) in [5.74, 6) is 1.02. The van der Waals surface area contributed by atoms with Crippen molar-refractivity contribution in [2.75, 3.05) is 27.3 Å². The van der Waals surface area contributed by atoms with Gasteiger partial charge in [-0.25, -0.2) is 0 Å². The first-order valence-electron chi connectivity index (χ1n) is 6.26. The number of benzene rings is 1. The smallest absolute Gasteiger partial charge is 0.254 e. The van der Waals surface area contributed by atoms with E-state index in [2.05, 4.69) is 0 Å². The molecule has 0 aliphatic carbocycles. The fourth-order valence-electron chi connectivity index (χ4n) is 2.18. The van der Waals surface area contributed by atoms with Gasteiger partial charge in [0.05, 0.1) is 32.9 Å². The number of carbonyl (C=O) groups is 1. The lowest BCUT2D eigenvalue weighted by Gasteiger charge is -2.46. The molecule has 19 heavy (non-hydrogen) atoms. The van der Waals surface area contributed by atoms with E-state index >= 15 is 0 Å². The van der Waals surface area contributed by atoms with Gasteiger partial charge in [0.2, 0.25) is 0 Å². The van der Waals surface area contributed by atoms with Gasteiger partial charge in [-0.3, -0.25) is 4.79 Å². The Morgan fingerprint density at radius 2 is 1.95 bits per heavy atom. The van der Waals surface area contributed by atoms with Crippen LogP contribution >= 0.6 is 0 Å². The minimum atomic E-state index is -0.716. The Morgan fingerprint density at radius 3 is 2.47 bits per heavy atom. The Balaban J connectivity index is 2.13. The molecule has 5 heteroatoms. The number of amides is 1. The summed E-state index contributed by atoms with van der Waals surface area (Å²) in [6, 6.07) is 5.06. The SMILES string of the molecule is CCC1(O)CN(C(=O)c2ccc(OC)c(OC)c2)C1. The summed E-state index contributed by atoms with van der Waals surface area (Å²) in [4.78, 5) is 13.8. The first-order chi connectivity index (χ1) is 9.03. The molecular formula is C14H19NO4. The average molecular weight is 265 g/mol. The second-order valence-electron chi connectivity index (χ2n) is 4.81. The standard InChI is InChI=1S/C14H19NO4/c1-4-14(17)8-15(9-14)13(16)10-5-6-11(18-2)12(7-10)19-3/h5-7,17H,4,8-9H2,1-3H3. The van der Waals surface area contributed by atoms with Crippen molar-refractivity contribution >= 4 is 5.91 Å². The van der Waals surface area contributed by atoms with E-state index < -0.39 is 5.60 Å². The molecule has 0 radical (unpaired) electrons. The Kier molecular flexibility index (Phi) is 3.66. The molecule has 5 nitrogen and oxygen atoms in total. The predicted molar refractivity (Wildman–Crippen MR) is 70.7 cm³/mol. The molecule has 2 rings (SSSR count). The lowest BCUT2D eigenvalue weighted by atomic mass is 9.90. The zero-order valence-corrected chi connectivity index (χ0v) is 11.5. The lowest BCUT2D eigenvalue weighted by molar-refractivity contribution is -0.0826. The second-order valence-corrected chi connectivity index (χ2v) is 4.81. The zero-order valence-electron chi connectivity index (χ0n) is 11.5. The zero-order chi connectivity index (χ0) is 14.0. The van der Waals surface area contributed by atoms with E-state index in [1.165, 1.54) is 7.11 Å². The minimum absolute atomic E-state index is 0.0981. The van der Waals surface area contributed by atoms with E-state index in [-0.39, 0.29) is 5.91 Å². The largest absolute Gasteiger partial charge is 0.493 e. The summed E-state index contributed by atoms with van der Waals surface area (Å²) in [6.07, 6.45) is 0.655. The first-order valence-corrected chi connectivity index (χ1v) is 6.26. The highest BCUT2D eigenvalue weighted by atomic mass is 16.5. The van der Waals surface area contributed by atoms with Crippen LogP contribution < -0.4 is 9.47 Å². The molecule has 0 atom stereocenters. The number of aliphatic hydroxyl groups is 1. The predicted octanol–water partition coefficient (Wildman–Crippen LogP) is 1.30. The highest BCUT2D eigenvalue weighted by Crippen LogP contribution is 2.30. The normalized spacial score (nSPS) is 16.7. The molecule has 0 bridgehead atoms. The van der Waals surface area contributed by atoms with Gasteiger partial charge in [0.1, 0.15) is 0 Å². The van der Waals surface area contributed by atoms with Crippen LogP contribution in [0.5, 0.6) is 11.5 Å². The molecule has 0 aromatic heterocycles. The van der Waals surface area contributed by atoms with Gasteiger partial charge in [0, 0.05) is 5.56 Å². The summed E-state index contributed by atoms with van der Waals surface area (Å²) >= 11 is 0. The molecule has 0 spiro atoms. The van der Waals surface area contributed by atoms with Crippen molar-refractivity contribution in [1.29, 1.82) is 0 Å². The first kappa shape index (κ1) is 13.7. The molecule has 1 saturated heterocycles. The van der Waals surface area contributed by atoms with Crippen molar-refractivity contribution in [2.24, 2.45) is 0 Å². The molecule has 1 heterocycles. The van der Waals surface area contributed by atoms with E-state index in [1.807, 2.05) is 6.92 Å². The third kappa shape index (κ3) is 2.51. The van der Waals surface area contributed by atoms with Crippen LogP contribution in [0.4, 0.5) is 0 Å². The highest BCUT2D eigenvalue weighted by molar-refractivity contribution is 5.95. The van der Waals surface area contributed by atoms with E-state index in [9.17, 15) is 9.90 Å². The molecule has 1 aromatic rings. The highest BCUT2D eigenvalue weighted by Gasteiger charge is 2.42. The second kappa shape index (κ2) is 5.09. The molecular weight excluding hydrogens is 246 g/mol. The maximum atomic E-state index is 12.2. The van der Waals surface area contributed by atoms with E-state index in [0.29, 0.717) is 36.6 Å². The molecule has 1 aliphatic heterocycles. The van der Waals surface area contributed by atoms with Gasteiger partial charge in [-0.2, -0.15) is 0 Å². The van der Waals surface area contributed by atoms with Crippen LogP contribution in [0.3, 0.4) is 0 Å². The van der Waals surface area contributed by atoms with Gasteiger partial charge >= 0.3 is 0 Å². The van der Waals surface area contributed by atoms with E-state index in [1.54, 1.807) is 30.2 Å². The van der Waals surface area contributed by atoms with Crippen LogP contribution in [-0.4, -0.2) is 48.8 Å². The van der Waals surface area contributed by atoms with Gasteiger partial charge in [0.15, 0.2) is 11.5 Å². The third-order valence-corrected chi connectivity index (χ3v) is 3.55. The van der Waals surface area contributed by atoms with Gasteiger partial charge in [-0.05, 0) is 24.6 Å². The molecule has 1 fully saturated rings. The number of methoxy groups -OCH3 is 2. The topological polar surface area (TPSA) is 59.0 Å². The third-order valence-electron chi connectivity index (χ3n) is 3.55. The van der Waals surface area contributed by atoms with Crippen LogP contribution in [0.2, 0.25) is 0 Å². The monoisotopic (exact) mass is 265 g/mol. The number of rotatable bonds is 4. The van der Waals surface area contributed by atoms with Crippen LogP contribution in [0.15, 0.2) is 18.2 Å². The summed E-state index contributed by atoms with van der Waals surface area (Å²) in [5.41, 5.74) is -0.178. The summed E-state index contributed by atoms with van der Waals surface area (Å²) in [6.45, 7) is 2.69. The summed E-state index contributed by atoms with van der Waals surface area (Å²) < 4.78 is 10.3. The number of β-amino-alcohol motifs (C(OH)–C–C–N with tert-alkyl or cyclic N) is 1. The number of hydrogen-bond acceptors (Lipinski definition) is 4. The molecule has 1 amide bonds. The molecule has 0 unspecified atom stereocenters. The van der Waals surface area contributed by atoms with Crippen molar-refractivity contribution < 1.29 is 19.4 Å². The van der Waals surface area contributed by atoms with Gasteiger partial charge in [0.25, 0.3) is 5.91 Å². The van der Waals surface area contributed by atoms with E-state index in [4.69, 9.17) is 9.47 Å². The lowest BCUT2D eigenvalue weighted by Crippen LogP contribution is -2.63. The molecule has 104 valence electrons. The number of nitrogens with zero attached hydrogens (tertiary/aromatic N) is 1. The van der Waals surface area contributed by atoms with Crippen LogP contribution in [-0.2, 0) is 0 Å². The van der Waals surface area contributed by atoms with Crippen LogP contribution in [0.1, 0.15) is 23.7 Å². The van der Waals surface area contributed by atoms with Crippen LogP contribution in [0, 0.1) is 0 Å².